The lowest BCUT2D eigenvalue weighted by molar-refractivity contribution is 0.620. The molecule has 0 fully saturated rings. The molecule has 6 heteroatoms. The van der Waals surface area contributed by atoms with Crippen LogP contribution >= 0.6 is 0 Å². The molecule has 10 rings (SSSR count). The topological polar surface area (TPSA) is 88.5 Å². The van der Waals surface area contributed by atoms with E-state index in [4.69, 9.17) is 24.4 Å². The Morgan fingerprint density at radius 2 is 0.877 bits per heavy atom. The summed E-state index contributed by atoms with van der Waals surface area (Å²) in [6.45, 7) is 0. The molecule has 0 aliphatic rings. The Kier molecular flexibility index (Phi) is 8.44. The van der Waals surface area contributed by atoms with E-state index in [1.165, 1.54) is 0 Å². The maximum Gasteiger partial charge on any atom is 0.227 e. The first kappa shape index (κ1) is 33.6. The minimum atomic E-state index is 0.589. The molecule has 0 bridgehead atoms. The van der Waals surface area contributed by atoms with Crippen molar-refractivity contribution in [2.75, 3.05) is 0 Å². The largest absolute Gasteiger partial charge is 0.436 e. The number of hydrogen-bond acceptors (Lipinski definition) is 6. The highest BCUT2D eigenvalue weighted by atomic mass is 16.3. The summed E-state index contributed by atoms with van der Waals surface area (Å²) in [5.74, 6) is 2.42. The third kappa shape index (κ3) is 6.39. The molecule has 0 atom stereocenters. The third-order valence-electron chi connectivity index (χ3n) is 10.2. The quantitative estimate of drug-likeness (QED) is 0.162. The van der Waals surface area contributed by atoms with E-state index in [0.717, 1.165) is 77.5 Å². The van der Waals surface area contributed by atoms with Crippen LogP contribution in [0.15, 0.2) is 192 Å². The molecule has 0 saturated heterocycles. The van der Waals surface area contributed by atoms with Gasteiger partial charge < -0.3 is 4.42 Å². The number of para-hydroxylation sites is 2. The van der Waals surface area contributed by atoms with Crippen LogP contribution in [0.5, 0.6) is 0 Å². The molecule has 0 unspecified atom stereocenters. The van der Waals surface area contributed by atoms with Gasteiger partial charge in [0.1, 0.15) is 5.52 Å². The molecule has 10 aromatic rings. The molecule has 6 nitrogen and oxygen atoms in total. The summed E-state index contributed by atoms with van der Waals surface area (Å²) >= 11 is 0. The third-order valence-corrected chi connectivity index (χ3v) is 10.2. The van der Waals surface area contributed by atoms with Crippen LogP contribution in [-0.4, -0.2) is 19.9 Å². The molecular formula is C51H31N5O. The number of rotatable bonds is 7. The fourth-order valence-corrected chi connectivity index (χ4v) is 7.41. The molecule has 57 heavy (non-hydrogen) atoms. The van der Waals surface area contributed by atoms with Gasteiger partial charge in [-0.2, -0.15) is 5.26 Å². The van der Waals surface area contributed by atoms with Crippen molar-refractivity contribution in [3.8, 4) is 85.1 Å². The zero-order valence-electron chi connectivity index (χ0n) is 30.5. The first-order valence-electron chi connectivity index (χ1n) is 18.7. The molecular weight excluding hydrogens is 699 g/mol. The minimum absolute atomic E-state index is 0.589. The zero-order chi connectivity index (χ0) is 38.1. The molecule has 8 aromatic carbocycles. The Morgan fingerprint density at radius 3 is 1.54 bits per heavy atom. The van der Waals surface area contributed by atoms with Crippen LogP contribution in [0.3, 0.4) is 0 Å². The van der Waals surface area contributed by atoms with Crippen molar-refractivity contribution in [2.24, 2.45) is 0 Å². The summed E-state index contributed by atoms with van der Waals surface area (Å²) in [7, 11) is 0. The summed E-state index contributed by atoms with van der Waals surface area (Å²) in [6, 6.07) is 65.5. The van der Waals surface area contributed by atoms with Gasteiger partial charge in [-0.1, -0.05) is 152 Å². The number of nitriles is 1. The van der Waals surface area contributed by atoms with Crippen LogP contribution in [0.4, 0.5) is 0 Å². The SMILES string of the molecule is N#Cc1cccc(-c2ccc(-c3ccc(-c4nc5ccccc5o4)c4ccccc34)c(-c3ccc(-c4nc(-c5ccccc5)nc(-c5ccccc5)n4)cc3)c2)c1. The Labute approximate surface area is 329 Å². The fourth-order valence-electron chi connectivity index (χ4n) is 7.41. The normalized spacial score (nSPS) is 11.1. The second-order valence-corrected chi connectivity index (χ2v) is 13.8. The molecule has 0 aliphatic heterocycles. The average molecular weight is 730 g/mol. The number of oxazole rings is 1. The maximum atomic E-state index is 9.69. The van der Waals surface area contributed by atoms with Crippen molar-refractivity contribution < 1.29 is 4.42 Å². The molecule has 2 heterocycles. The number of fused-ring (bicyclic) bond motifs is 2. The van der Waals surface area contributed by atoms with E-state index in [2.05, 4.69) is 84.9 Å². The van der Waals surface area contributed by atoms with Gasteiger partial charge in [-0.15, -0.1) is 0 Å². The highest BCUT2D eigenvalue weighted by Gasteiger charge is 2.18. The van der Waals surface area contributed by atoms with Crippen LogP contribution in [0.1, 0.15) is 5.56 Å². The predicted octanol–water partition coefficient (Wildman–Crippen LogP) is 12.7. The zero-order valence-corrected chi connectivity index (χ0v) is 30.5. The lowest BCUT2D eigenvalue weighted by Gasteiger charge is -2.16. The second kappa shape index (κ2) is 14.3. The summed E-state index contributed by atoms with van der Waals surface area (Å²) in [5.41, 5.74) is 12.1. The van der Waals surface area contributed by atoms with E-state index >= 15 is 0 Å². The summed E-state index contributed by atoms with van der Waals surface area (Å²) < 4.78 is 6.25. The number of aromatic nitrogens is 4. The van der Waals surface area contributed by atoms with Gasteiger partial charge in [0.2, 0.25) is 5.89 Å². The van der Waals surface area contributed by atoms with Crippen molar-refractivity contribution in [2.45, 2.75) is 0 Å². The van der Waals surface area contributed by atoms with Gasteiger partial charge in [0, 0.05) is 22.3 Å². The van der Waals surface area contributed by atoms with Gasteiger partial charge in [0.15, 0.2) is 23.1 Å². The highest BCUT2D eigenvalue weighted by molar-refractivity contribution is 6.06. The van der Waals surface area contributed by atoms with E-state index in [1.807, 2.05) is 109 Å². The van der Waals surface area contributed by atoms with Crippen LogP contribution < -0.4 is 0 Å². The molecule has 0 amide bonds. The van der Waals surface area contributed by atoms with Crippen LogP contribution in [-0.2, 0) is 0 Å². The second-order valence-electron chi connectivity index (χ2n) is 13.8. The fraction of sp³-hybridized carbons (Fsp3) is 0. The predicted molar refractivity (Wildman–Crippen MR) is 228 cm³/mol. The van der Waals surface area contributed by atoms with Crippen molar-refractivity contribution >= 4 is 21.9 Å². The number of benzene rings is 8. The molecule has 0 spiro atoms. The molecule has 0 saturated carbocycles. The summed E-state index contributed by atoms with van der Waals surface area (Å²) in [6.07, 6.45) is 0. The van der Waals surface area contributed by atoms with Gasteiger partial charge in [-0.25, -0.2) is 19.9 Å². The van der Waals surface area contributed by atoms with E-state index in [1.54, 1.807) is 0 Å². The number of hydrogen-bond donors (Lipinski definition) is 0. The summed E-state index contributed by atoms with van der Waals surface area (Å²) in [4.78, 5) is 19.6. The van der Waals surface area contributed by atoms with E-state index in [-0.39, 0.29) is 0 Å². The van der Waals surface area contributed by atoms with Crippen molar-refractivity contribution in [3.05, 3.63) is 194 Å². The molecule has 0 radical (unpaired) electrons. The van der Waals surface area contributed by atoms with Crippen molar-refractivity contribution in [1.82, 2.24) is 19.9 Å². The Hall–Kier alpha value is -8.01. The highest BCUT2D eigenvalue weighted by Crippen LogP contribution is 2.42. The lowest BCUT2D eigenvalue weighted by Crippen LogP contribution is -2.00. The maximum absolute atomic E-state index is 9.69. The summed E-state index contributed by atoms with van der Waals surface area (Å²) in [5, 5.41) is 11.8. The van der Waals surface area contributed by atoms with Gasteiger partial charge in [0.05, 0.1) is 11.6 Å². The van der Waals surface area contributed by atoms with Crippen LogP contribution in [0.2, 0.25) is 0 Å². The average Bonchev–Trinajstić information content (AvgIpc) is 3.73. The van der Waals surface area contributed by atoms with Gasteiger partial charge in [0.25, 0.3) is 0 Å². The van der Waals surface area contributed by atoms with Gasteiger partial charge in [-0.05, 0) is 80.6 Å². The van der Waals surface area contributed by atoms with E-state index in [9.17, 15) is 5.26 Å². The molecule has 2 aromatic heterocycles. The van der Waals surface area contributed by atoms with E-state index < -0.39 is 0 Å². The first-order chi connectivity index (χ1) is 28.2. The molecule has 0 aliphatic carbocycles. The van der Waals surface area contributed by atoms with Gasteiger partial charge in [-0.3, -0.25) is 0 Å². The lowest BCUT2D eigenvalue weighted by atomic mass is 9.87. The van der Waals surface area contributed by atoms with Gasteiger partial charge >= 0.3 is 0 Å². The monoisotopic (exact) mass is 729 g/mol. The van der Waals surface area contributed by atoms with E-state index in [0.29, 0.717) is 28.9 Å². The number of nitrogens with zero attached hydrogens (tertiary/aromatic N) is 5. The Morgan fingerprint density at radius 1 is 0.368 bits per heavy atom. The first-order valence-corrected chi connectivity index (χ1v) is 18.7. The Bertz CT molecular complexity index is 3040. The van der Waals surface area contributed by atoms with Crippen LogP contribution in [0.25, 0.3) is 101 Å². The molecule has 266 valence electrons. The van der Waals surface area contributed by atoms with Crippen molar-refractivity contribution in [1.29, 1.82) is 5.26 Å². The smallest absolute Gasteiger partial charge is 0.227 e. The van der Waals surface area contributed by atoms with Crippen molar-refractivity contribution in [3.63, 3.8) is 0 Å². The molecule has 0 N–H and O–H groups in total. The minimum Gasteiger partial charge on any atom is -0.436 e. The standard InChI is InChI=1S/C51H31N5O/c52-32-33-12-11-17-38(30-33)39-26-27-43(42-28-29-44(41-19-8-7-18-40(41)42)51-53-46-20-9-10-21-47(46)57-51)45(31-39)34-22-24-37(25-23-34)50-55-48(35-13-3-1-4-14-35)54-49(56-50)36-15-5-2-6-16-36/h1-31H. The van der Waals surface area contributed by atoms with Crippen LogP contribution in [0, 0.1) is 11.3 Å². The Balaban J connectivity index is 1.12.